The molecule has 170 valence electrons. The zero-order valence-corrected chi connectivity index (χ0v) is 19.0. The number of ether oxygens (including phenoxy) is 2. The Bertz CT molecular complexity index is 1570. The van der Waals surface area contributed by atoms with Crippen LogP contribution < -0.4 is 15.1 Å². The van der Waals surface area contributed by atoms with Crippen molar-refractivity contribution in [3.63, 3.8) is 0 Å². The van der Waals surface area contributed by atoms with Gasteiger partial charge in [-0.25, -0.2) is 4.79 Å². The summed E-state index contributed by atoms with van der Waals surface area (Å²) in [4.78, 5) is 13.0. The van der Waals surface area contributed by atoms with Crippen LogP contribution in [-0.4, -0.2) is 22.9 Å². The predicted octanol–water partition coefficient (Wildman–Crippen LogP) is 5.81. The van der Waals surface area contributed by atoms with Gasteiger partial charge in [0.1, 0.15) is 39.0 Å². The second kappa shape index (κ2) is 7.07. The van der Waals surface area contributed by atoms with Gasteiger partial charge in [0, 0.05) is 17.0 Å². The van der Waals surface area contributed by atoms with Crippen molar-refractivity contribution in [3.8, 4) is 23.0 Å². The molecule has 4 aromatic rings. The number of hydrogen-bond acceptors (Lipinski definition) is 7. The molecule has 0 atom stereocenters. The van der Waals surface area contributed by atoms with E-state index < -0.39 is 11.2 Å². The van der Waals surface area contributed by atoms with Crippen LogP contribution in [0.5, 0.6) is 23.0 Å². The van der Waals surface area contributed by atoms with E-state index in [0.717, 1.165) is 5.57 Å². The molecule has 7 heteroatoms. The van der Waals surface area contributed by atoms with Gasteiger partial charge >= 0.3 is 5.63 Å². The Balaban J connectivity index is 1.94. The first-order chi connectivity index (χ1) is 15.6. The topological polar surface area (TPSA) is 102 Å². The van der Waals surface area contributed by atoms with Crippen molar-refractivity contribution >= 4 is 39.0 Å². The highest BCUT2D eigenvalue weighted by atomic mass is 16.5. The summed E-state index contributed by atoms with van der Waals surface area (Å²) in [7, 11) is 1.49. The van der Waals surface area contributed by atoms with Gasteiger partial charge in [-0.1, -0.05) is 11.6 Å². The van der Waals surface area contributed by atoms with E-state index in [1.165, 1.54) is 19.2 Å². The lowest BCUT2D eigenvalue weighted by Gasteiger charge is -2.28. The Kier molecular flexibility index (Phi) is 4.50. The minimum atomic E-state index is -0.643. The molecule has 2 aromatic heterocycles. The molecule has 7 nitrogen and oxygen atoms in total. The molecule has 2 aromatic carbocycles. The van der Waals surface area contributed by atoms with E-state index >= 15 is 0 Å². The number of hydrogen-bond donors (Lipinski definition) is 2. The normalized spacial score (nSPS) is 14.5. The van der Waals surface area contributed by atoms with Crippen LogP contribution in [0.1, 0.15) is 38.8 Å². The van der Waals surface area contributed by atoms with E-state index in [1.54, 1.807) is 0 Å². The lowest BCUT2D eigenvalue weighted by Crippen LogP contribution is -2.27. The van der Waals surface area contributed by atoms with Gasteiger partial charge in [-0.05, 0) is 52.3 Å². The summed E-state index contributed by atoms with van der Waals surface area (Å²) in [6.07, 6.45) is 6.07. The molecular weight excluding hydrogens is 424 g/mol. The van der Waals surface area contributed by atoms with Crippen molar-refractivity contribution in [1.29, 1.82) is 0 Å². The van der Waals surface area contributed by atoms with Gasteiger partial charge < -0.3 is 28.5 Å². The Morgan fingerprint density at radius 2 is 1.85 bits per heavy atom. The second-order valence-electron chi connectivity index (χ2n) is 9.02. The molecule has 5 rings (SSSR count). The van der Waals surface area contributed by atoms with Crippen LogP contribution in [0.3, 0.4) is 0 Å². The molecule has 0 bridgehead atoms. The first-order valence-electron chi connectivity index (χ1n) is 10.6. The molecule has 33 heavy (non-hydrogen) atoms. The Hall–Kier alpha value is -3.87. The Morgan fingerprint density at radius 1 is 1.09 bits per heavy atom. The third-order valence-electron chi connectivity index (χ3n) is 5.84. The SMILES string of the molecule is COc1c(CC=C(C)C)c(O)cc2oc(=O)c3c4cc(O)c5c(c4oc3c12)C=CC(C)(C)O5. The molecule has 0 aliphatic carbocycles. The monoisotopic (exact) mass is 448 g/mol. The third kappa shape index (κ3) is 3.15. The molecule has 1 aliphatic heterocycles. The maximum absolute atomic E-state index is 13.0. The molecule has 1 aliphatic rings. The van der Waals surface area contributed by atoms with Gasteiger partial charge in [0.2, 0.25) is 0 Å². The minimum absolute atomic E-state index is 0.0379. The fourth-order valence-corrected chi connectivity index (χ4v) is 4.28. The molecule has 0 radical (unpaired) electrons. The van der Waals surface area contributed by atoms with E-state index in [2.05, 4.69) is 0 Å². The summed E-state index contributed by atoms with van der Waals surface area (Å²) in [6, 6.07) is 2.85. The first kappa shape index (κ1) is 21.0. The fraction of sp³-hybridized carbons (Fsp3) is 0.269. The van der Waals surface area contributed by atoms with Crippen molar-refractivity contribution in [2.24, 2.45) is 0 Å². The standard InChI is InChI=1S/C26H24O7/c1-12(2)6-7-13-16(27)11-18-20(23(13)30-5)24-19(25(29)31-18)15-10-17(28)22-14(21(15)32-24)8-9-26(3,4)33-22/h6,8-11,27-28H,7H2,1-5H3. The summed E-state index contributed by atoms with van der Waals surface area (Å²) >= 11 is 0. The van der Waals surface area contributed by atoms with E-state index in [1.807, 2.05) is 45.9 Å². The zero-order valence-electron chi connectivity index (χ0n) is 19.0. The Labute approximate surface area is 189 Å². The smallest absolute Gasteiger partial charge is 0.348 e. The van der Waals surface area contributed by atoms with E-state index in [-0.39, 0.29) is 33.8 Å². The number of rotatable bonds is 3. The van der Waals surface area contributed by atoms with Crippen LogP contribution >= 0.6 is 0 Å². The van der Waals surface area contributed by atoms with Gasteiger partial charge in [-0.2, -0.15) is 0 Å². The second-order valence-corrected chi connectivity index (χ2v) is 9.02. The van der Waals surface area contributed by atoms with Crippen molar-refractivity contribution in [2.75, 3.05) is 7.11 Å². The molecule has 0 amide bonds. The van der Waals surface area contributed by atoms with Gasteiger partial charge in [-0.3, -0.25) is 0 Å². The highest BCUT2D eigenvalue weighted by Crippen LogP contribution is 2.47. The maximum atomic E-state index is 13.0. The maximum Gasteiger partial charge on any atom is 0.348 e. The van der Waals surface area contributed by atoms with Gasteiger partial charge in [0.05, 0.1) is 12.7 Å². The molecule has 0 saturated carbocycles. The number of fused-ring (bicyclic) bond motifs is 7. The summed E-state index contributed by atoms with van der Waals surface area (Å²) in [6.45, 7) is 7.69. The average molecular weight is 448 g/mol. The van der Waals surface area contributed by atoms with Crippen LogP contribution in [0.15, 0.2) is 43.5 Å². The molecule has 0 fully saturated rings. The molecule has 0 unspecified atom stereocenters. The number of furan rings is 1. The number of allylic oxidation sites excluding steroid dienone is 2. The molecule has 0 saturated heterocycles. The highest BCUT2D eigenvalue weighted by Gasteiger charge is 2.30. The number of benzene rings is 2. The predicted molar refractivity (Wildman–Crippen MR) is 127 cm³/mol. The van der Waals surface area contributed by atoms with Gasteiger partial charge in [0.15, 0.2) is 17.1 Å². The van der Waals surface area contributed by atoms with Crippen molar-refractivity contribution < 1.29 is 28.5 Å². The van der Waals surface area contributed by atoms with Crippen molar-refractivity contribution in [3.05, 3.63) is 51.4 Å². The molecule has 3 heterocycles. The van der Waals surface area contributed by atoms with E-state index in [9.17, 15) is 15.0 Å². The summed E-state index contributed by atoms with van der Waals surface area (Å²) in [5.41, 5.74) is 1.73. The van der Waals surface area contributed by atoms with Crippen LogP contribution in [0.25, 0.3) is 39.0 Å². The highest BCUT2D eigenvalue weighted by molar-refractivity contribution is 6.17. The quantitative estimate of drug-likeness (QED) is 0.301. The van der Waals surface area contributed by atoms with Crippen LogP contribution in [0, 0.1) is 0 Å². The lowest BCUT2D eigenvalue weighted by atomic mass is 9.99. The van der Waals surface area contributed by atoms with E-state index in [0.29, 0.717) is 39.7 Å². The minimum Gasteiger partial charge on any atom is -0.507 e. The number of aromatic hydroxyl groups is 2. The number of methoxy groups -OCH3 is 1. The average Bonchev–Trinajstić information content (AvgIpc) is 3.11. The van der Waals surface area contributed by atoms with Crippen molar-refractivity contribution in [1.82, 2.24) is 0 Å². The molecule has 0 spiro atoms. The number of phenols is 2. The lowest BCUT2D eigenvalue weighted by molar-refractivity contribution is 0.153. The molecule has 2 N–H and O–H groups in total. The third-order valence-corrected chi connectivity index (χ3v) is 5.84. The molecular formula is C26H24O7. The number of phenolic OH excluding ortho intramolecular Hbond substituents is 2. The van der Waals surface area contributed by atoms with Crippen LogP contribution in [0.2, 0.25) is 0 Å². The summed E-state index contributed by atoms with van der Waals surface area (Å²) in [5, 5.41) is 22.3. The van der Waals surface area contributed by atoms with E-state index in [4.69, 9.17) is 18.3 Å². The van der Waals surface area contributed by atoms with Crippen LogP contribution in [-0.2, 0) is 6.42 Å². The van der Waals surface area contributed by atoms with Gasteiger partial charge in [-0.15, -0.1) is 0 Å². The van der Waals surface area contributed by atoms with Crippen molar-refractivity contribution in [2.45, 2.75) is 39.7 Å². The fourth-order valence-electron chi connectivity index (χ4n) is 4.28. The largest absolute Gasteiger partial charge is 0.507 e. The summed E-state index contributed by atoms with van der Waals surface area (Å²) < 4.78 is 23.4. The Morgan fingerprint density at radius 3 is 2.55 bits per heavy atom. The van der Waals surface area contributed by atoms with Crippen LogP contribution in [0.4, 0.5) is 0 Å². The van der Waals surface area contributed by atoms with Gasteiger partial charge in [0.25, 0.3) is 0 Å². The first-order valence-corrected chi connectivity index (χ1v) is 10.6. The summed E-state index contributed by atoms with van der Waals surface area (Å²) in [5.74, 6) is 0.515. The zero-order chi connectivity index (χ0) is 23.7.